The number of carbonyl (C=O) groups excluding carboxylic acids is 1. The van der Waals surface area contributed by atoms with Crippen LogP contribution in [0.15, 0.2) is 0 Å². The first kappa shape index (κ1) is 12.3. The van der Waals surface area contributed by atoms with Gasteiger partial charge in [-0.1, -0.05) is 0 Å². The third-order valence-electron chi connectivity index (χ3n) is 4.86. The maximum absolute atomic E-state index is 12.2. The highest BCUT2D eigenvalue weighted by Crippen LogP contribution is 2.67. The van der Waals surface area contributed by atoms with Crippen LogP contribution >= 0.6 is 0 Å². The molecule has 0 aromatic heterocycles. The van der Waals surface area contributed by atoms with Gasteiger partial charge in [-0.2, -0.15) is 13.2 Å². The number of esters is 1. The topological polar surface area (TPSA) is 46.5 Å². The normalized spacial score (nSPS) is 40.9. The van der Waals surface area contributed by atoms with Gasteiger partial charge in [0.05, 0.1) is 6.10 Å². The molecular weight excluding hydrogens is 249 g/mol. The fourth-order valence-corrected chi connectivity index (χ4v) is 3.86. The molecule has 3 rings (SSSR count). The Morgan fingerprint density at radius 2 is 1.94 bits per heavy atom. The SMILES string of the molecule is O=C(O[C@H]1[C@@H]2C[C@H](C[C@@H]1O)C1(CC1)C2)C(F)(F)F. The van der Waals surface area contributed by atoms with E-state index >= 15 is 0 Å². The second kappa shape index (κ2) is 3.62. The molecule has 3 aliphatic carbocycles. The molecule has 3 aliphatic rings. The third kappa shape index (κ3) is 1.81. The van der Waals surface area contributed by atoms with Crippen LogP contribution in [0.5, 0.6) is 0 Å². The van der Waals surface area contributed by atoms with Gasteiger partial charge in [0, 0.05) is 0 Å². The minimum Gasteiger partial charge on any atom is -0.453 e. The predicted molar refractivity (Wildman–Crippen MR) is 54.4 cm³/mol. The Morgan fingerprint density at radius 1 is 1.28 bits per heavy atom. The van der Waals surface area contributed by atoms with E-state index in [1.54, 1.807) is 0 Å². The molecule has 0 heterocycles. The van der Waals surface area contributed by atoms with Crippen molar-refractivity contribution in [1.29, 1.82) is 0 Å². The van der Waals surface area contributed by atoms with E-state index in [1.165, 1.54) is 0 Å². The van der Waals surface area contributed by atoms with E-state index in [0.717, 1.165) is 25.7 Å². The molecule has 2 bridgehead atoms. The standard InChI is InChI=1S/C12H15F3O3/c13-12(14,15)10(17)18-9-6-3-7(4-8(9)16)11(5-6)1-2-11/h6-9,16H,1-5H2/t6-,7-,8+,9+/m1/s1. The molecule has 3 nitrogen and oxygen atoms in total. The number of ether oxygens (including phenoxy) is 1. The van der Waals surface area contributed by atoms with E-state index in [9.17, 15) is 23.1 Å². The molecule has 1 N–H and O–H groups in total. The van der Waals surface area contributed by atoms with Gasteiger partial charge in [-0.05, 0) is 49.4 Å². The van der Waals surface area contributed by atoms with Crippen molar-refractivity contribution in [2.75, 3.05) is 0 Å². The van der Waals surface area contributed by atoms with E-state index < -0.39 is 24.4 Å². The average Bonchev–Trinajstić information content (AvgIpc) is 2.94. The summed E-state index contributed by atoms with van der Waals surface area (Å²) in [6.45, 7) is 0. The molecule has 3 fully saturated rings. The van der Waals surface area contributed by atoms with E-state index in [4.69, 9.17) is 0 Å². The summed E-state index contributed by atoms with van der Waals surface area (Å²) in [5, 5.41) is 9.88. The van der Waals surface area contributed by atoms with Crippen molar-refractivity contribution < 1.29 is 27.8 Å². The summed E-state index contributed by atoms with van der Waals surface area (Å²) < 4.78 is 41.0. The van der Waals surface area contributed by atoms with Crippen LogP contribution in [0, 0.1) is 17.3 Å². The minimum absolute atomic E-state index is 0.104. The fourth-order valence-electron chi connectivity index (χ4n) is 3.86. The lowest BCUT2D eigenvalue weighted by Gasteiger charge is -2.33. The van der Waals surface area contributed by atoms with Gasteiger partial charge >= 0.3 is 12.1 Å². The Bertz CT molecular complexity index is 375. The van der Waals surface area contributed by atoms with Gasteiger partial charge in [0.2, 0.25) is 0 Å². The number of fused-ring (bicyclic) bond motifs is 3. The lowest BCUT2D eigenvalue weighted by Crippen LogP contribution is -2.43. The van der Waals surface area contributed by atoms with Gasteiger partial charge in [0.15, 0.2) is 0 Å². The highest BCUT2D eigenvalue weighted by Gasteiger charge is 2.61. The van der Waals surface area contributed by atoms with E-state index in [-0.39, 0.29) is 11.3 Å². The number of hydrogen-bond donors (Lipinski definition) is 1. The van der Waals surface area contributed by atoms with Crippen LogP contribution in [0.1, 0.15) is 32.1 Å². The molecule has 0 radical (unpaired) electrons. The Hall–Kier alpha value is -0.780. The number of hydrogen-bond acceptors (Lipinski definition) is 3. The van der Waals surface area contributed by atoms with Gasteiger partial charge < -0.3 is 9.84 Å². The molecule has 0 saturated heterocycles. The Morgan fingerprint density at radius 3 is 2.50 bits per heavy atom. The molecule has 18 heavy (non-hydrogen) atoms. The number of aliphatic hydroxyl groups is 1. The number of carbonyl (C=O) groups is 1. The highest BCUT2D eigenvalue weighted by atomic mass is 19.4. The molecule has 102 valence electrons. The summed E-state index contributed by atoms with van der Waals surface area (Å²) in [7, 11) is 0. The third-order valence-corrected chi connectivity index (χ3v) is 4.86. The smallest absolute Gasteiger partial charge is 0.453 e. The van der Waals surface area contributed by atoms with Gasteiger partial charge in [0.1, 0.15) is 6.10 Å². The lowest BCUT2D eigenvalue weighted by atomic mass is 9.82. The number of halogens is 3. The number of rotatable bonds is 1. The first-order chi connectivity index (χ1) is 8.32. The quantitative estimate of drug-likeness (QED) is 0.737. The highest BCUT2D eigenvalue weighted by molar-refractivity contribution is 5.75. The monoisotopic (exact) mass is 264 g/mol. The summed E-state index contributed by atoms with van der Waals surface area (Å²) in [4.78, 5) is 10.9. The van der Waals surface area contributed by atoms with E-state index in [0.29, 0.717) is 12.3 Å². The molecule has 4 atom stereocenters. The van der Waals surface area contributed by atoms with Crippen LogP contribution in [0.2, 0.25) is 0 Å². The number of alkyl halides is 3. The lowest BCUT2D eigenvalue weighted by molar-refractivity contribution is -0.214. The van der Waals surface area contributed by atoms with E-state index in [2.05, 4.69) is 4.74 Å². The molecular formula is C12H15F3O3. The van der Waals surface area contributed by atoms with Crippen molar-refractivity contribution in [1.82, 2.24) is 0 Å². The Balaban J connectivity index is 1.71. The van der Waals surface area contributed by atoms with Crippen LogP contribution in [-0.4, -0.2) is 29.5 Å². The molecule has 3 saturated carbocycles. The van der Waals surface area contributed by atoms with E-state index in [1.807, 2.05) is 0 Å². The molecule has 0 unspecified atom stereocenters. The summed E-state index contributed by atoms with van der Waals surface area (Å²) >= 11 is 0. The van der Waals surface area contributed by atoms with Crippen LogP contribution in [-0.2, 0) is 9.53 Å². The molecule has 0 amide bonds. The van der Waals surface area contributed by atoms with Crippen LogP contribution in [0.25, 0.3) is 0 Å². The first-order valence-electron chi connectivity index (χ1n) is 6.28. The summed E-state index contributed by atoms with van der Waals surface area (Å²) in [6, 6.07) is 0. The van der Waals surface area contributed by atoms with Crippen molar-refractivity contribution in [3.05, 3.63) is 0 Å². The fraction of sp³-hybridized carbons (Fsp3) is 0.917. The summed E-state index contributed by atoms with van der Waals surface area (Å²) in [5.74, 6) is -1.88. The average molecular weight is 264 g/mol. The molecule has 1 spiro atoms. The molecule has 0 aromatic rings. The Labute approximate surface area is 102 Å². The predicted octanol–water partition coefficient (Wildman–Crippen LogP) is 2.03. The Kier molecular flexibility index (Phi) is 2.47. The van der Waals surface area contributed by atoms with Crippen LogP contribution < -0.4 is 0 Å². The zero-order chi connectivity index (χ0) is 13.1. The molecule has 0 aromatic carbocycles. The van der Waals surface area contributed by atoms with Crippen molar-refractivity contribution in [3.63, 3.8) is 0 Å². The molecule has 6 heteroatoms. The number of aliphatic hydroxyl groups excluding tert-OH is 1. The summed E-state index contributed by atoms with van der Waals surface area (Å²) in [6.07, 6.45) is -2.66. The maximum Gasteiger partial charge on any atom is 0.490 e. The largest absolute Gasteiger partial charge is 0.490 e. The van der Waals surface area contributed by atoms with Gasteiger partial charge in [-0.25, -0.2) is 4.79 Å². The van der Waals surface area contributed by atoms with Gasteiger partial charge in [0.25, 0.3) is 0 Å². The zero-order valence-corrected chi connectivity index (χ0v) is 9.74. The first-order valence-corrected chi connectivity index (χ1v) is 6.28. The van der Waals surface area contributed by atoms with Crippen LogP contribution in [0.4, 0.5) is 13.2 Å². The van der Waals surface area contributed by atoms with Crippen molar-refractivity contribution in [3.8, 4) is 0 Å². The minimum atomic E-state index is -4.98. The van der Waals surface area contributed by atoms with Crippen LogP contribution in [0.3, 0.4) is 0 Å². The van der Waals surface area contributed by atoms with Crippen molar-refractivity contribution >= 4 is 5.97 Å². The maximum atomic E-state index is 12.2. The second-order valence-electron chi connectivity index (χ2n) is 5.93. The van der Waals surface area contributed by atoms with Gasteiger partial charge in [-0.3, -0.25) is 0 Å². The summed E-state index contributed by atoms with van der Waals surface area (Å²) in [5.41, 5.74) is 0.241. The van der Waals surface area contributed by atoms with Gasteiger partial charge in [-0.15, -0.1) is 0 Å². The van der Waals surface area contributed by atoms with Crippen molar-refractivity contribution in [2.45, 2.75) is 50.5 Å². The molecule has 0 aliphatic heterocycles. The van der Waals surface area contributed by atoms with Crippen molar-refractivity contribution in [2.24, 2.45) is 17.3 Å². The zero-order valence-electron chi connectivity index (χ0n) is 9.74. The second-order valence-corrected chi connectivity index (χ2v) is 5.93.